The first-order chi connectivity index (χ1) is 12.5. The molecule has 1 aliphatic rings. The van der Waals surface area contributed by atoms with Gasteiger partial charge in [0.2, 0.25) is 0 Å². The summed E-state index contributed by atoms with van der Waals surface area (Å²) in [5.74, 6) is 0.587. The maximum absolute atomic E-state index is 12.2. The van der Waals surface area contributed by atoms with Crippen molar-refractivity contribution < 1.29 is 24.1 Å². The molecule has 1 aromatic carbocycles. The van der Waals surface area contributed by atoms with Crippen LogP contribution in [0.3, 0.4) is 0 Å². The van der Waals surface area contributed by atoms with Crippen LogP contribution in [0, 0.1) is 0 Å². The number of rotatable bonds is 8. The third kappa shape index (κ3) is 6.65. The highest BCUT2D eigenvalue weighted by Gasteiger charge is 2.23. The summed E-state index contributed by atoms with van der Waals surface area (Å²) < 4.78 is 5.15. The number of hydrogen-bond acceptors (Lipinski definition) is 3. The van der Waals surface area contributed by atoms with Gasteiger partial charge in [-0.05, 0) is 19.1 Å². The van der Waals surface area contributed by atoms with Crippen molar-refractivity contribution in [2.45, 2.75) is 25.8 Å². The van der Waals surface area contributed by atoms with Crippen molar-refractivity contribution in [3.63, 3.8) is 0 Å². The number of carbonyl (C=O) groups excluding carboxylic acids is 2. The lowest BCUT2D eigenvalue weighted by Gasteiger charge is -2.29. The number of piperidine rings is 1. The number of nitrogens with one attached hydrogen (secondary N) is 4. The van der Waals surface area contributed by atoms with E-state index in [1.807, 2.05) is 25.2 Å². The molecule has 1 saturated heterocycles. The van der Waals surface area contributed by atoms with Crippen LogP contribution < -0.4 is 25.2 Å². The summed E-state index contributed by atoms with van der Waals surface area (Å²) >= 11 is 0. The highest BCUT2D eigenvalue weighted by molar-refractivity contribution is 5.91. The lowest BCUT2D eigenvalue weighted by molar-refractivity contribution is -0.903. The van der Waals surface area contributed by atoms with Gasteiger partial charge in [0.1, 0.15) is 5.75 Å². The molecule has 2 rings (SSSR count). The minimum Gasteiger partial charge on any atom is -0.497 e. The van der Waals surface area contributed by atoms with Gasteiger partial charge in [-0.3, -0.25) is 9.59 Å². The molecule has 4 N–H and O–H groups in total. The first-order valence-electron chi connectivity index (χ1n) is 9.38. The van der Waals surface area contributed by atoms with Gasteiger partial charge < -0.3 is 25.2 Å². The van der Waals surface area contributed by atoms with Gasteiger partial charge >= 0.3 is 0 Å². The van der Waals surface area contributed by atoms with Gasteiger partial charge in [0, 0.05) is 30.6 Å². The maximum Gasteiger partial charge on any atom is 0.279 e. The summed E-state index contributed by atoms with van der Waals surface area (Å²) in [6, 6.07) is 7.50. The zero-order valence-corrected chi connectivity index (χ0v) is 16.1. The Morgan fingerprint density at radius 1 is 1.23 bits per heavy atom. The molecule has 1 aliphatic heterocycles. The predicted octanol–water partition coefficient (Wildman–Crippen LogP) is -1.67. The monoisotopic (exact) mass is 364 g/mol. The standard InChI is InChI=1S/C19H30N4O3/c1-4-23-10-8-15(9-11-23)20-18(24)13-22(2)14-19(25)21-16-6-5-7-17(12-16)26-3/h5-7,12,15H,4,8-11,13-14H2,1-3H3,(H,20,24)(H,21,25)/p+2. The number of hydrogen-bond donors (Lipinski definition) is 4. The summed E-state index contributed by atoms with van der Waals surface area (Å²) in [5.41, 5.74) is 0.691. The second-order valence-electron chi connectivity index (χ2n) is 7.04. The van der Waals surface area contributed by atoms with Gasteiger partial charge in [-0.2, -0.15) is 0 Å². The van der Waals surface area contributed by atoms with E-state index in [0.29, 0.717) is 18.0 Å². The largest absolute Gasteiger partial charge is 0.497 e. The van der Waals surface area contributed by atoms with E-state index in [-0.39, 0.29) is 24.4 Å². The zero-order chi connectivity index (χ0) is 18.9. The average molecular weight is 364 g/mol. The second-order valence-corrected chi connectivity index (χ2v) is 7.04. The Labute approximate surface area is 155 Å². The van der Waals surface area contributed by atoms with Crippen molar-refractivity contribution in [1.29, 1.82) is 0 Å². The Morgan fingerprint density at radius 2 is 1.92 bits per heavy atom. The number of carbonyl (C=O) groups is 2. The van der Waals surface area contributed by atoms with Gasteiger partial charge in [-0.25, -0.2) is 0 Å². The van der Waals surface area contributed by atoms with Crippen molar-refractivity contribution >= 4 is 17.5 Å². The van der Waals surface area contributed by atoms with Gasteiger partial charge in [-0.15, -0.1) is 0 Å². The smallest absolute Gasteiger partial charge is 0.279 e. The van der Waals surface area contributed by atoms with E-state index in [4.69, 9.17) is 4.74 Å². The number of likely N-dealkylation sites (tertiary alicyclic amines) is 1. The molecule has 0 aliphatic carbocycles. The van der Waals surface area contributed by atoms with Crippen LogP contribution >= 0.6 is 0 Å². The molecule has 7 nitrogen and oxygen atoms in total. The Kier molecular flexibility index (Phi) is 7.87. The summed E-state index contributed by atoms with van der Waals surface area (Å²) in [4.78, 5) is 26.8. The third-order valence-electron chi connectivity index (χ3n) is 4.84. The van der Waals surface area contributed by atoms with Crippen molar-refractivity contribution in [2.75, 3.05) is 52.2 Å². The molecule has 26 heavy (non-hydrogen) atoms. The molecule has 0 saturated carbocycles. The minimum absolute atomic E-state index is 0.0154. The summed E-state index contributed by atoms with van der Waals surface area (Å²) in [5, 5.41) is 5.95. The molecule has 1 aromatic rings. The maximum atomic E-state index is 12.2. The zero-order valence-electron chi connectivity index (χ0n) is 16.1. The Morgan fingerprint density at radius 3 is 2.58 bits per heavy atom. The molecule has 1 unspecified atom stereocenters. The molecule has 7 heteroatoms. The number of amides is 2. The SMILES string of the molecule is CC[NH+]1CCC(NC(=O)C[NH+](C)CC(=O)Nc2cccc(OC)c2)CC1. The van der Waals surface area contributed by atoms with E-state index < -0.39 is 0 Å². The topological polar surface area (TPSA) is 76.3 Å². The first kappa shape index (κ1) is 20.2. The van der Waals surface area contributed by atoms with Crippen molar-refractivity contribution in [3.8, 4) is 5.75 Å². The number of anilines is 1. The fraction of sp³-hybridized carbons (Fsp3) is 0.579. The lowest BCUT2D eigenvalue weighted by atomic mass is 10.1. The van der Waals surface area contributed by atoms with Gasteiger partial charge in [-0.1, -0.05) is 6.07 Å². The molecule has 144 valence electrons. The minimum atomic E-state index is -0.122. The molecule has 2 amide bonds. The number of likely N-dealkylation sites (N-methyl/N-ethyl adjacent to an activating group) is 1. The molecule has 0 bridgehead atoms. The van der Waals surface area contributed by atoms with Crippen molar-refractivity contribution in [2.24, 2.45) is 0 Å². The Balaban J connectivity index is 1.70. The molecular weight excluding hydrogens is 332 g/mol. The van der Waals surface area contributed by atoms with Gasteiger partial charge in [0.25, 0.3) is 11.8 Å². The summed E-state index contributed by atoms with van der Waals surface area (Å²) in [7, 11) is 3.44. The van der Waals surface area contributed by atoms with Crippen LogP contribution in [0.25, 0.3) is 0 Å². The van der Waals surface area contributed by atoms with Gasteiger partial charge in [0.05, 0.1) is 33.8 Å². The molecule has 0 radical (unpaired) electrons. The normalized spacial score (nSPS) is 20.9. The van der Waals surface area contributed by atoms with E-state index >= 15 is 0 Å². The van der Waals surface area contributed by atoms with Crippen molar-refractivity contribution in [3.05, 3.63) is 24.3 Å². The van der Waals surface area contributed by atoms with Gasteiger partial charge in [0.15, 0.2) is 13.1 Å². The fourth-order valence-electron chi connectivity index (χ4n) is 3.32. The number of benzene rings is 1. The molecule has 1 atom stereocenters. The van der Waals surface area contributed by atoms with Crippen LogP contribution in [0.15, 0.2) is 24.3 Å². The van der Waals surface area contributed by atoms with Crippen LogP contribution in [0.2, 0.25) is 0 Å². The predicted molar refractivity (Wildman–Crippen MR) is 101 cm³/mol. The van der Waals surface area contributed by atoms with Crippen LogP contribution in [0.1, 0.15) is 19.8 Å². The number of methoxy groups -OCH3 is 1. The summed E-state index contributed by atoms with van der Waals surface area (Å²) in [6.45, 7) is 6.12. The quantitative estimate of drug-likeness (QED) is 0.446. The van der Waals surface area contributed by atoms with E-state index in [1.165, 1.54) is 0 Å². The fourth-order valence-corrected chi connectivity index (χ4v) is 3.32. The van der Waals surface area contributed by atoms with E-state index in [1.54, 1.807) is 18.1 Å². The highest BCUT2D eigenvalue weighted by Crippen LogP contribution is 2.16. The van der Waals surface area contributed by atoms with E-state index in [2.05, 4.69) is 17.6 Å². The number of quaternary nitrogens is 2. The molecule has 0 spiro atoms. The van der Waals surface area contributed by atoms with Crippen LogP contribution in [-0.4, -0.2) is 64.7 Å². The van der Waals surface area contributed by atoms with Crippen LogP contribution in [0.5, 0.6) is 5.75 Å². The van der Waals surface area contributed by atoms with Crippen molar-refractivity contribution in [1.82, 2.24) is 5.32 Å². The van der Waals surface area contributed by atoms with Crippen LogP contribution in [0.4, 0.5) is 5.69 Å². The number of ether oxygens (including phenoxy) is 1. The second kappa shape index (κ2) is 10.1. The lowest BCUT2D eigenvalue weighted by Crippen LogP contribution is -3.13. The Hall–Kier alpha value is -2.12. The third-order valence-corrected chi connectivity index (χ3v) is 4.84. The van der Waals surface area contributed by atoms with E-state index in [0.717, 1.165) is 37.4 Å². The molecule has 0 aromatic heterocycles. The highest BCUT2D eigenvalue weighted by atomic mass is 16.5. The molecule has 1 fully saturated rings. The van der Waals surface area contributed by atoms with E-state index in [9.17, 15) is 9.59 Å². The molecule has 1 heterocycles. The Bertz CT molecular complexity index is 600. The first-order valence-corrected chi connectivity index (χ1v) is 9.38. The van der Waals surface area contributed by atoms with Crippen LogP contribution in [-0.2, 0) is 9.59 Å². The molecular formula is C19H32N4O3+2. The average Bonchev–Trinajstić information content (AvgIpc) is 2.62. The summed E-state index contributed by atoms with van der Waals surface area (Å²) in [6.07, 6.45) is 2.06.